The van der Waals surface area contributed by atoms with Crippen molar-refractivity contribution in [3.8, 4) is 0 Å². The van der Waals surface area contributed by atoms with Gasteiger partial charge in [-0.2, -0.15) is 4.98 Å². The molecule has 0 bridgehead atoms. The third kappa shape index (κ3) is 3.57. The molecule has 0 radical (unpaired) electrons. The average molecular weight is 353 g/mol. The highest BCUT2D eigenvalue weighted by Crippen LogP contribution is 2.23. The fraction of sp³-hybridized carbons (Fsp3) is 0.579. The first kappa shape index (κ1) is 17.0. The molecule has 2 aliphatic rings. The van der Waals surface area contributed by atoms with Crippen LogP contribution in [-0.4, -0.2) is 59.2 Å². The van der Waals surface area contributed by atoms with Crippen LogP contribution >= 0.6 is 0 Å². The molecule has 2 saturated heterocycles. The van der Waals surface area contributed by atoms with Gasteiger partial charge in [-0.05, 0) is 26.2 Å². The van der Waals surface area contributed by atoms with Crippen molar-refractivity contribution in [2.24, 2.45) is 0 Å². The van der Waals surface area contributed by atoms with E-state index in [1.54, 1.807) is 6.33 Å². The molecular formula is C19H27N7. The van der Waals surface area contributed by atoms with E-state index in [4.69, 9.17) is 9.97 Å². The molecule has 2 aliphatic heterocycles. The van der Waals surface area contributed by atoms with Crippen molar-refractivity contribution in [1.29, 1.82) is 0 Å². The molecule has 0 unspecified atom stereocenters. The summed E-state index contributed by atoms with van der Waals surface area (Å²) >= 11 is 0. The first-order valence-corrected chi connectivity index (χ1v) is 9.64. The lowest BCUT2D eigenvalue weighted by atomic mass is 10.2. The Morgan fingerprint density at radius 3 is 2.23 bits per heavy atom. The van der Waals surface area contributed by atoms with Crippen LogP contribution in [0.2, 0.25) is 0 Å². The van der Waals surface area contributed by atoms with E-state index < -0.39 is 0 Å². The molecule has 4 rings (SSSR count). The van der Waals surface area contributed by atoms with Crippen LogP contribution in [0, 0.1) is 6.92 Å². The fourth-order valence-electron chi connectivity index (χ4n) is 3.67. The predicted molar refractivity (Wildman–Crippen MR) is 104 cm³/mol. The van der Waals surface area contributed by atoms with Crippen LogP contribution < -0.4 is 14.7 Å². The molecule has 2 fully saturated rings. The lowest BCUT2D eigenvalue weighted by Crippen LogP contribution is -2.47. The van der Waals surface area contributed by atoms with Crippen molar-refractivity contribution >= 4 is 17.6 Å². The van der Waals surface area contributed by atoms with E-state index in [1.807, 2.05) is 0 Å². The summed E-state index contributed by atoms with van der Waals surface area (Å²) in [5, 5.41) is 0. The van der Waals surface area contributed by atoms with Gasteiger partial charge < -0.3 is 14.7 Å². The Balaban J connectivity index is 1.46. The summed E-state index contributed by atoms with van der Waals surface area (Å²) in [6, 6.07) is 4.21. The number of aromatic nitrogens is 4. The summed E-state index contributed by atoms with van der Waals surface area (Å²) in [5.41, 5.74) is 2.14. The lowest BCUT2D eigenvalue weighted by molar-refractivity contribution is 0.632. The highest BCUT2D eigenvalue weighted by molar-refractivity contribution is 5.48. The molecule has 0 aromatic carbocycles. The summed E-state index contributed by atoms with van der Waals surface area (Å²) < 4.78 is 0. The molecule has 138 valence electrons. The number of nitrogens with zero attached hydrogens (tertiary/aromatic N) is 7. The zero-order valence-electron chi connectivity index (χ0n) is 15.7. The van der Waals surface area contributed by atoms with E-state index in [1.165, 1.54) is 12.8 Å². The van der Waals surface area contributed by atoms with Crippen molar-refractivity contribution in [3.05, 3.63) is 29.8 Å². The topological polar surface area (TPSA) is 61.3 Å². The van der Waals surface area contributed by atoms with Gasteiger partial charge in [0.2, 0.25) is 5.95 Å². The minimum absolute atomic E-state index is 0.864. The Morgan fingerprint density at radius 2 is 1.50 bits per heavy atom. The number of piperazine rings is 1. The van der Waals surface area contributed by atoms with Crippen LogP contribution in [0.5, 0.6) is 0 Å². The van der Waals surface area contributed by atoms with Crippen LogP contribution in [-0.2, 0) is 6.42 Å². The van der Waals surface area contributed by atoms with Crippen LogP contribution in [0.25, 0.3) is 0 Å². The van der Waals surface area contributed by atoms with Crippen LogP contribution in [0.1, 0.15) is 31.2 Å². The van der Waals surface area contributed by atoms with E-state index in [-0.39, 0.29) is 0 Å². The van der Waals surface area contributed by atoms with Gasteiger partial charge in [0.1, 0.15) is 18.0 Å². The normalized spacial score (nSPS) is 17.8. The Bertz CT molecular complexity index is 749. The largest absolute Gasteiger partial charge is 0.356 e. The minimum Gasteiger partial charge on any atom is -0.356 e. The molecule has 0 aliphatic carbocycles. The second-order valence-corrected chi connectivity index (χ2v) is 7.06. The molecule has 0 spiro atoms. The summed E-state index contributed by atoms with van der Waals surface area (Å²) in [6.07, 6.45) is 5.13. The molecule has 7 nitrogen and oxygen atoms in total. The van der Waals surface area contributed by atoms with E-state index in [9.17, 15) is 0 Å². The second kappa shape index (κ2) is 7.43. The zero-order chi connectivity index (χ0) is 17.9. The Hall–Kier alpha value is -2.44. The quantitative estimate of drug-likeness (QED) is 0.834. The molecule has 0 amide bonds. The van der Waals surface area contributed by atoms with Crippen LogP contribution in [0.3, 0.4) is 0 Å². The van der Waals surface area contributed by atoms with Gasteiger partial charge in [-0.3, -0.25) is 0 Å². The summed E-state index contributed by atoms with van der Waals surface area (Å²) in [6.45, 7) is 10.1. The molecule has 26 heavy (non-hydrogen) atoms. The molecule has 2 aromatic rings. The van der Waals surface area contributed by atoms with Gasteiger partial charge in [0, 0.05) is 62.8 Å². The van der Waals surface area contributed by atoms with Gasteiger partial charge in [-0.25, -0.2) is 15.0 Å². The van der Waals surface area contributed by atoms with Gasteiger partial charge in [0.15, 0.2) is 0 Å². The van der Waals surface area contributed by atoms with Crippen molar-refractivity contribution in [1.82, 2.24) is 19.9 Å². The first-order valence-electron chi connectivity index (χ1n) is 9.64. The maximum Gasteiger partial charge on any atom is 0.227 e. The van der Waals surface area contributed by atoms with Crippen molar-refractivity contribution in [2.75, 3.05) is 54.0 Å². The van der Waals surface area contributed by atoms with Gasteiger partial charge in [0.25, 0.3) is 0 Å². The molecule has 7 heteroatoms. The third-order valence-corrected chi connectivity index (χ3v) is 5.22. The predicted octanol–water partition coefficient (Wildman–Crippen LogP) is 2.06. The Morgan fingerprint density at radius 1 is 0.808 bits per heavy atom. The number of hydrogen-bond donors (Lipinski definition) is 0. The highest BCUT2D eigenvalue weighted by atomic mass is 15.3. The number of aryl methyl sites for hydroxylation is 2. The molecule has 0 N–H and O–H groups in total. The minimum atomic E-state index is 0.864. The van der Waals surface area contributed by atoms with Crippen molar-refractivity contribution < 1.29 is 0 Å². The SMILES string of the molecule is CCc1cc(N2CCN(c3nc(C)cc(N4CCCC4)n3)CC2)ncn1. The molecule has 4 heterocycles. The standard InChI is InChI=1S/C19H27N7/c1-3-16-13-17(21-14-20-16)25-8-10-26(11-9-25)19-22-15(2)12-18(23-19)24-6-4-5-7-24/h12-14H,3-11H2,1-2H3. The first-order chi connectivity index (χ1) is 12.7. The fourth-order valence-corrected chi connectivity index (χ4v) is 3.67. The van der Waals surface area contributed by atoms with Crippen molar-refractivity contribution in [2.45, 2.75) is 33.1 Å². The summed E-state index contributed by atoms with van der Waals surface area (Å²) in [5.74, 6) is 2.97. The molecule has 0 saturated carbocycles. The summed E-state index contributed by atoms with van der Waals surface area (Å²) in [4.78, 5) is 25.3. The Labute approximate surface area is 155 Å². The summed E-state index contributed by atoms with van der Waals surface area (Å²) in [7, 11) is 0. The lowest BCUT2D eigenvalue weighted by Gasteiger charge is -2.35. The number of hydrogen-bond acceptors (Lipinski definition) is 7. The van der Waals surface area contributed by atoms with Gasteiger partial charge in [-0.15, -0.1) is 0 Å². The van der Waals surface area contributed by atoms with Crippen LogP contribution in [0.15, 0.2) is 18.5 Å². The average Bonchev–Trinajstić information content (AvgIpc) is 3.23. The van der Waals surface area contributed by atoms with Crippen molar-refractivity contribution in [3.63, 3.8) is 0 Å². The smallest absolute Gasteiger partial charge is 0.227 e. The highest BCUT2D eigenvalue weighted by Gasteiger charge is 2.22. The number of rotatable bonds is 4. The second-order valence-electron chi connectivity index (χ2n) is 7.06. The van der Waals surface area contributed by atoms with Crippen LogP contribution in [0.4, 0.5) is 17.6 Å². The van der Waals surface area contributed by atoms with Gasteiger partial charge in [-0.1, -0.05) is 6.92 Å². The molecular weight excluding hydrogens is 326 g/mol. The van der Waals surface area contributed by atoms with Gasteiger partial charge >= 0.3 is 0 Å². The van der Waals surface area contributed by atoms with E-state index >= 15 is 0 Å². The Kier molecular flexibility index (Phi) is 4.86. The van der Waals surface area contributed by atoms with Gasteiger partial charge in [0.05, 0.1) is 0 Å². The van der Waals surface area contributed by atoms with E-state index in [2.05, 4.69) is 50.6 Å². The zero-order valence-corrected chi connectivity index (χ0v) is 15.7. The maximum atomic E-state index is 4.86. The molecule has 2 aromatic heterocycles. The molecule has 0 atom stereocenters. The third-order valence-electron chi connectivity index (χ3n) is 5.22. The monoisotopic (exact) mass is 353 g/mol. The van der Waals surface area contributed by atoms with E-state index in [0.717, 1.165) is 74.7 Å². The van der Waals surface area contributed by atoms with E-state index in [0.29, 0.717) is 0 Å². The maximum absolute atomic E-state index is 4.86. The number of anilines is 3.